The average molecular weight is 222 g/mol. The van der Waals surface area contributed by atoms with Crippen LogP contribution in [0.25, 0.3) is 0 Å². The maximum Gasteiger partial charge on any atom is 0.228 e. The average Bonchev–Trinajstić information content (AvgIpc) is 2.98. The third-order valence-electron chi connectivity index (χ3n) is 4.98. The van der Waals surface area contributed by atoms with Gasteiger partial charge < -0.3 is 10.2 Å². The van der Waals surface area contributed by atoms with Gasteiger partial charge in [-0.2, -0.15) is 0 Å². The summed E-state index contributed by atoms with van der Waals surface area (Å²) in [6.45, 7) is 6.47. The molecule has 2 heterocycles. The molecule has 1 saturated carbocycles. The van der Waals surface area contributed by atoms with E-state index in [0.717, 1.165) is 50.7 Å². The van der Waals surface area contributed by atoms with Crippen molar-refractivity contribution in [1.82, 2.24) is 10.2 Å². The van der Waals surface area contributed by atoms with Gasteiger partial charge in [0.1, 0.15) is 0 Å². The van der Waals surface area contributed by atoms with Crippen molar-refractivity contribution in [3.05, 3.63) is 0 Å². The Balaban J connectivity index is 1.65. The van der Waals surface area contributed by atoms with Crippen LogP contribution in [-0.4, -0.2) is 37.0 Å². The Morgan fingerprint density at radius 3 is 2.81 bits per heavy atom. The molecular formula is C13H22N2O. The summed E-state index contributed by atoms with van der Waals surface area (Å²) in [6, 6.07) is 0. The van der Waals surface area contributed by atoms with Gasteiger partial charge in [-0.05, 0) is 50.6 Å². The molecule has 0 bridgehead atoms. The van der Waals surface area contributed by atoms with E-state index in [1.165, 1.54) is 13.0 Å². The number of nitrogens with one attached hydrogen (secondary N) is 1. The van der Waals surface area contributed by atoms with Crippen molar-refractivity contribution in [2.45, 2.75) is 32.6 Å². The minimum Gasteiger partial charge on any atom is -0.342 e. The molecule has 2 unspecified atom stereocenters. The second-order valence-corrected chi connectivity index (χ2v) is 5.85. The van der Waals surface area contributed by atoms with Crippen LogP contribution in [0.3, 0.4) is 0 Å². The topological polar surface area (TPSA) is 32.3 Å². The number of hydrogen-bond acceptors (Lipinski definition) is 2. The number of piperidine rings is 1. The van der Waals surface area contributed by atoms with E-state index in [9.17, 15) is 4.79 Å². The zero-order valence-electron chi connectivity index (χ0n) is 10.2. The number of amides is 1. The van der Waals surface area contributed by atoms with E-state index in [1.807, 2.05) is 0 Å². The van der Waals surface area contributed by atoms with Crippen molar-refractivity contribution in [1.29, 1.82) is 0 Å². The van der Waals surface area contributed by atoms with Gasteiger partial charge in [-0.15, -0.1) is 0 Å². The van der Waals surface area contributed by atoms with Crippen LogP contribution >= 0.6 is 0 Å². The van der Waals surface area contributed by atoms with Gasteiger partial charge in [0.25, 0.3) is 0 Å². The molecule has 1 aliphatic carbocycles. The second-order valence-electron chi connectivity index (χ2n) is 5.85. The first-order chi connectivity index (χ1) is 7.75. The van der Waals surface area contributed by atoms with E-state index < -0.39 is 0 Å². The second kappa shape index (κ2) is 3.73. The molecule has 0 aromatic heterocycles. The van der Waals surface area contributed by atoms with Crippen molar-refractivity contribution in [2.75, 3.05) is 26.2 Å². The Morgan fingerprint density at radius 1 is 1.38 bits per heavy atom. The van der Waals surface area contributed by atoms with Crippen molar-refractivity contribution in [3.8, 4) is 0 Å². The zero-order valence-corrected chi connectivity index (χ0v) is 10.2. The molecule has 1 N–H and O–H groups in total. The molecule has 3 nitrogen and oxygen atoms in total. The quantitative estimate of drug-likeness (QED) is 0.762. The van der Waals surface area contributed by atoms with E-state index in [0.29, 0.717) is 5.91 Å². The van der Waals surface area contributed by atoms with Crippen LogP contribution in [0, 0.1) is 17.3 Å². The summed E-state index contributed by atoms with van der Waals surface area (Å²) in [4.78, 5) is 14.6. The Labute approximate surface area is 97.6 Å². The molecule has 2 atom stereocenters. The van der Waals surface area contributed by atoms with Crippen molar-refractivity contribution in [2.24, 2.45) is 17.3 Å². The van der Waals surface area contributed by atoms with Crippen molar-refractivity contribution in [3.63, 3.8) is 0 Å². The molecule has 0 aromatic rings. The first-order valence-corrected chi connectivity index (χ1v) is 6.75. The van der Waals surface area contributed by atoms with Gasteiger partial charge in [-0.1, -0.05) is 6.92 Å². The summed E-state index contributed by atoms with van der Waals surface area (Å²) in [5.74, 6) is 2.02. The summed E-state index contributed by atoms with van der Waals surface area (Å²) in [5.41, 5.74) is 0.0683. The SMILES string of the molecule is CCC1(C(=O)N2CCC3CNCC3C2)CC1. The standard InChI is InChI=1S/C13H22N2O/c1-2-13(4-5-13)12(16)15-6-3-10-7-14-8-11(10)9-15/h10-11,14H,2-9H2,1H3. The summed E-state index contributed by atoms with van der Waals surface area (Å²) < 4.78 is 0. The Morgan fingerprint density at radius 2 is 2.12 bits per heavy atom. The number of hydrogen-bond donors (Lipinski definition) is 1. The molecule has 0 spiro atoms. The third-order valence-corrected chi connectivity index (χ3v) is 4.98. The minimum atomic E-state index is 0.0683. The summed E-state index contributed by atoms with van der Waals surface area (Å²) in [5, 5.41) is 3.45. The lowest BCUT2D eigenvalue weighted by Crippen LogP contribution is -2.46. The van der Waals surface area contributed by atoms with Crippen LogP contribution in [0.1, 0.15) is 32.6 Å². The van der Waals surface area contributed by atoms with Crippen LogP contribution in [-0.2, 0) is 4.79 Å². The molecule has 2 aliphatic heterocycles. The monoisotopic (exact) mass is 222 g/mol. The van der Waals surface area contributed by atoms with Gasteiger partial charge in [-0.3, -0.25) is 4.79 Å². The molecular weight excluding hydrogens is 200 g/mol. The maximum absolute atomic E-state index is 12.4. The lowest BCUT2D eigenvalue weighted by Gasteiger charge is -2.36. The lowest BCUT2D eigenvalue weighted by atomic mass is 9.87. The van der Waals surface area contributed by atoms with Crippen LogP contribution in [0.2, 0.25) is 0 Å². The number of likely N-dealkylation sites (tertiary alicyclic amines) is 1. The smallest absolute Gasteiger partial charge is 0.228 e. The van der Waals surface area contributed by atoms with Gasteiger partial charge in [0.2, 0.25) is 5.91 Å². The highest BCUT2D eigenvalue weighted by Gasteiger charge is 2.51. The molecule has 3 fully saturated rings. The van der Waals surface area contributed by atoms with Crippen molar-refractivity contribution >= 4 is 5.91 Å². The molecule has 0 radical (unpaired) electrons. The number of nitrogens with zero attached hydrogens (tertiary/aromatic N) is 1. The predicted octanol–water partition coefficient (Wildman–Crippen LogP) is 1.24. The van der Waals surface area contributed by atoms with E-state index in [4.69, 9.17) is 0 Å². The number of fused-ring (bicyclic) bond motifs is 1. The van der Waals surface area contributed by atoms with E-state index >= 15 is 0 Å². The highest BCUT2D eigenvalue weighted by atomic mass is 16.2. The van der Waals surface area contributed by atoms with Crippen LogP contribution < -0.4 is 5.32 Å². The molecule has 3 aliphatic rings. The number of carbonyl (C=O) groups is 1. The summed E-state index contributed by atoms with van der Waals surface area (Å²) >= 11 is 0. The van der Waals surface area contributed by atoms with E-state index in [2.05, 4.69) is 17.1 Å². The predicted molar refractivity (Wildman–Crippen MR) is 63.0 cm³/mol. The van der Waals surface area contributed by atoms with Gasteiger partial charge in [0.15, 0.2) is 0 Å². The molecule has 0 aromatic carbocycles. The molecule has 16 heavy (non-hydrogen) atoms. The molecule has 90 valence electrons. The molecule has 2 saturated heterocycles. The highest BCUT2D eigenvalue weighted by molar-refractivity contribution is 5.85. The lowest BCUT2D eigenvalue weighted by molar-refractivity contribution is -0.139. The number of carbonyl (C=O) groups excluding carboxylic acids is 1. The maximum atomic E-state index is 12.4. The van der Waals surface area contributed by atoms with Crippen LogP contribution in [0.5, 0.6) is 0 Å². The fourth-order valence-corrected chi connectivity index (χ4v) is 3.42. The summed E-state index contributed by atoms with van der Waals surface area (Å²) in [6.07, 6.45) is 4.51. The largest absolute Gasteiger partial charge is 0.342 e. The Bertz CT molecular complexity index is 298. The van der Waals surface area contributed by atoms with Gasteiger partial charge >= 0.3 is 0 Å². The fraction of sp³-hybridized carbons (Fsp3) is 0.923. The van der Waals surface area contributed by atoms with Gasteiger partial charge in [0.05, 0.1) is 0 Å². The van der Waals surface area contributed by atoms with Crippen LogP contribution in [0.15, 0.2) is 0 Å². The first kappa shape index (κ1) is 10.6. The van der Waals surface area contributed by atoms with Crippen molar-refractivity contribution < 1.29 is 4.79 Å². The summed E-state index contributed by atoms with van der Waals surface area (Å²) in [7, 11) is 0. The normalized spacial score (nSPS) is 35.9. The van der Waals surface area contributed by atoms with E-state index in [-0.39, 0.29) is 5.41 Å². The fourth-order valence-electron chi connectivity index (χ4n) is 3.42. The first-order valence-electron chi connectivity index (χ1n) is 6.75. The molecule has 3 rings (SSSR count). The van der Waals surface area contributed by atoms with Gasteiger partial charge in [0, 0.05) is 18.5 Å². The molecule has 3 heteroatoms. The van der Waals surface area contributed by atoms with Gasteiger partial charge in [-0.25, -0.2) is 0 Å². The highest BCUT2D eigenvalue weighted by Crippen LogP contribution is 2.50. The molecule has 1 amide bonds. The Kier molecular flexibility index (Phi) is 2.46. The van der Waals surface area contributed by atoms with E-state index in [1.54, 1.807) is 0 Å². The minimum absolute atomic E-state index is 0.0683. The Hall–Kier alpha value is -0.570. The van der Waals surface area contributed by atoms with Crippen LogP contribution in [0.4, 0.5) is 0 Å². The third kappa shape index (κ3) is 1.56. The number of rotatable bonds is 2. The zero-order chi connectivity index (χ0) is 11.2.